The third-order valence-corrected chi connectivity index (χ3v) is 5.50. The number of benzene rings is 2. The van der Waals surface area contributed by atoms with Crippen molar-refractivity contribution in [2.45, 2.75) is 44.8 Å². The smallest absolute Gasteiger partial charge is 0.324 e. The number of nitrogens with two attached hydrogens (primary N) is 1. The average molecular weight is 380 g/mol. The Morgan fingerprint density at radius 2 is 1.92 bits per heavy atom. The molecule has 0 amide bonds. The maximum absolute atomic E-state index is 13.6. The van der Waals surface area contributed by atoms with E-state index in [2.05, 4.69) is 0 Å². The van der Waals surface area contributed by atoms with Gasteiger partial charge in [0, 0.05) is 11.1 Å². The predicted molar refractivity (Wildman–Crippen MR) is 100 cm³/mol. The minimum atomic E-state index is -4.39. The Morgan fingerprint density at radius 1 is 1.19 bits per heavy atom. The van der Waals surface area contributed by atoms with Crippen molar-refractivity contribution in [1.29, 1.82) is 0 Å². The summed E-state index contributed by atoms with van der Waals surface area (Å²) in [4.78, 5) is 0. The summed E-state index contributed by atoms with van der Waals surface area (Å²) in [6.07, 6.45) is 0.103. The zero-order chi connectivity index (χ0) is 19.1. The zero-order valence-corrected chi connectivity index (χ0v) is 15.5. The van der Waals surface area contributed by atoms with Crippen molar-refractivity contribution in [2.24, 2.45) is 5.73 Å². The minimum Gasteiger partial charge on any atom is -0.324 e. The number of allylic oxidation sites excluding steroid dienone is 1. The molecule has 0 saturated heterocycles. The van der Waals surface area contributed by atoms with Crippen LogP contribution in [-0.4, -0.2) is 6.18 Å². The fourth-order valence-corrected chi connectivity index (χ4v) is 3.69. The minimum absolute atomic E-state index is 0.0311. The predicted octanol–water partition coefficient (Wildman–Crippen LogP) is 6.26. The van der Waals surface area contributed by atoms with Crippen LogP contribution in [0.5, 0.6) is 0 Å². The van der Waals surface area contributed by atoms with Crippen LogP contribution in [0.15, 0.2) is 36.4 Å². The van der Waals surface area contributed by atoms with E-state index in [1.807, 2.05) is 18.2 Å². The number of aryl methyl sites for hydroxylation is 2. The number of alkyl halides is 3. The lowest BCUT2D eigenvalue weighted by Crippen LogP contribution is -2.19. The van der Waals surface area contributed by atoms with Gasteiger partial charge in [-0.2, -0.15) is 13.2 Å². The molecule has 2 unspecified atom stereocenters. The van der Waals surface area contributed by atoms with Crippen LogP contribution in [0.1, 0.15) is 51.8 Å². The largest absolute Gasteiger partial charge is 0.399 e. The summed E-state index contributed by atoms with van der Waals surface area (Å²) >= 11 is 6.10. The first-order valence-corrected chi connectivity index (χ1v) is 8.94. The molecule has 138 valence electrons. The van der Waals surface area contributed by atoms with E-state index in [9.17, 15) is 13.2 Å². The van der Waals surface area contributed by atoms with Crippen LogP contribution in [0.4, 0.5) is 13.2 Å². The first-order chi connectivity index (χ1) is 12.2. The Morgan fingerprint density at radius 3 is 2.58 bits per heavy atom. The van der Waals surface area contributed by atoms with Crippen molar-refractivity contribution in [1.82, 2.24) is 0 Å². The van der Waals surface area contributed by atoms with E-state index >= 15 is 0 Å². The Balaban J connectivity index is 1.94. The van der Waals surface area contributed by atoms with E-state index in [0.29, 0.717) is 5.02 Å². The molecular weight excluding hydrogens is 359 g/mol. The highest BCUT2D eigenvalue weighted by molar-refractivity contribution is 6.31. The maximum Gasteiger partial charge on any atom is 0.399 e. The van der Waals surface area contributed by atoms with E-state index in [1.54, 1.807) is 19.9 Å². The molecule has 2 N–H and O–H groups in total. The number of halogens is 4. The molecule has 0 radical (unpaired) electrons. The van der Waals surface area contributed by atoms with Crippen LogP contribution in [0.2, 0.25) is 5.02 Å². The fraction of sp³-hybridized carbons (Fsp3) is 0.333. The second kappa shape index (κ2) is 7.09. The summed E-state index contributed by atoms with van der Waals surface area (Å²) < 4.78 is 40.9. The number of fused-ring (bicyclic) bond motifs is 1. The van der Waals surface area contributed by atoms with E-state index in [-0.39, 0.29) is 11.6 Å². The van der Waals surface area contributed by atoms with E-state index in [1.165, 1.54) is 18.2 Å². The first-order valence-electron chi connectivity index (χ1n) is 8.57. The summed E-state index contributed by atoms with van der Waals surface area (Å²) in [7, 11) is 0. The summed E-state index contributed by atoms with van der Waals surface area (Å²) in [5.41, 5.74) is 10.7. The zero-order valence-electron chi connectivity index (χ0n) is 14.7. The van der Waals surface area contributed by atoms with Crippen LogP contribution in [0.3, 0.4) is 0 Å². The second-order valence-corrected chi connectivity index (χ2v) is 7.33. The third kappa shape index (κ3) is 3.81. The highest BCUT2D eigenvalue weighted by atomic mass is 35.5. The number of rotatable bonds is 3. The summed E-state index contributed by atoms with van der Waals surface area (Å²) in [6.45, 7) is 3.57. The van der Waals surface area contributed by atoms with Gasteiger partial charge >= 0.3 is 6.18 Å². The molecular formula is C21H21ClF3N. The third-order valence-electron chi connectivity index (χ3n) is 5.11. The second-order valence-electron chi connectivity index (χ2n) is 6.93. The van der Waals surface area contributed by atoms with Crippen molar-refractivity contribution >= 4 is 17.7 Å². The van der Waals surface area contributed by atoms with E-state index in [0.717, 1.165) is 40.7 Å². The van der Waals surface area contributed by atoms with Gasteiger partial charge in [0.1, 0.15) is 0 Å². The lowest BCUT2D eigenvalue weighted by molar-refractivity contribution is -0.139. The van der Waals surface area contributed by atoms with Gasteiger partial charge in [-0.15, -0.1) is 0 Å². The van der Waals surface area contributed by atoms with Crippen molar-refractivity contribution in [2.75, 3.05) is 0 Å². The van der Waals surface area contributed by atoms with Crippen molar-refractivity contribution in [3.63, 3.8) is 0 Å². The van der Waals surface area contributed by atoms with Crippen LogP contribution >= 0.6 is 11.6 Å². The molecule has 1 aliphatic carbocycles. The van der Waals surface area contributed by atoms with Crippen LogP contribution < -0.4 is 5.73 Å². The standard InChI is InChI=1S/C21H21ClF3N/c1-12-9-16(11-19(22)13(12)2)18(21(23,24)25)7-4-14-3-6-17-15(10-14)5-8-20(17)26/h3-4,6-7,9-11,18,20H,5,8,26H2,1-2H3/b7-4+. The molecule has 0 aromatic heterocycles. The highest BCUT2D eigenvalue weighted by Gasteiger charge is 2.39. The van der Waals surface area contributed by atoms with Gasteiger partial charge in [-0.25, -0.2) is 0 Å². The SMILES string of the molecule is Cc1cc(C(/C=C/c2ccc3c(c2)CCC3N)C(F)(F)F)cc(Cl)c1C. The van der Waals surface area contributed by atoms with Crippen molar-refractivity contribution in [3.8, 4) is 0 Å². The molecule has 0 spiro atoms. The molecule has 0 bridgehead atoms. The lowest BCUT2D eigenvalue weighted by Gasteiger charge is -2.19. The molecule has 3 rings (SSSR count). The fourth-order valence-electron chi connectivity index (χ4n) is 3.41. The Hall–Kier alpha value is -1.78. The van der Waals surface area contributed by atoms with Gasteiger partial charge in [0.2, 0.25) is 0 Å². The molecule has 1 aliphatic rings. The summed E-state index contributed by atoms with van der Waals surface area (Å²) in [5, 5.41) is 0.356. The van der Waals surface area contributed by atoms with Crippen molar-refractivity contribution < 1.29 is 13.2 Å². The van der Waals surface area contributed by atoms with E-state index in [4.69, 9.17) is 17.3 Å². The van der Waals surface area contributed by atoms with Crippen LogP contribution in [0.25, 0.3) is 6.08 Å². The van der Waals surface area contributed by atoms with Crippen LogP contribution in [-0.2, 0) is 6.42 Å². The molecule has 1 nitrogen and oxygen atoms in total. The molecule has 0 aliphatic heterocycles. The Labute approximate surface area is 156 Å². The monoisotopic (exact) mass is 379 g/mol. The molecule has 2 aromatic rings. The van der Waals surface area contributed by atoms with Crippen molar-refractivity contribution in [3.05, 3.63) is 74.8 Å². The average Bonchev–Trinajstić information content (AvgIpc) is 2.92. The summed E-state index contributed by atoms with van der Waals surface area (Å²) in [6, 6.07) is 8.67. The van der Waals surface area contributed by atoms with Gasteiger partial charge in [-0.1, -0.05) is 48.0 Å². The topological polar surface area (TPSA) is 26.0 Å². The number of hydrogen-bond donors (Lipinski definition) is 1. The van der Waals surface area contributed by atoms with Gasteiger partial charge in [0.05, 0.1) is 5.92 Å². The molecule has 0 saturated carbocycles. The first kappa shape index (κ1) is 19.0. The van der Waals surface area contributed by atoms with Gasteiger partial charge in [0.25, 0.3) is 0 Å². The molecule has 0 heterocycles. The Kier molecular flexibility index (Phi) is 5.18. The molecule has 2 atom stereocenters. The highest BCUT2D eigenvalue weighted by Crippen LogP contribution is 2.39. The quantitative estimate of drug-likeness (QED) is 0.669. The molecule has 0 fully saturated rings. The van der Waals surface area contributed by atoms with Gasteiger partial charge in [-0.05, 0) is 66.1 Å². The van der Waals surface area contributed by atoms with Crippen LogP contribution in [0, 0.1) is 13.8 Å². The lowest BCUT2D eigenvalue weighted by atomic mass is 9.93. The molecule has 2 aromatic carbocycles. The number of hydrogen-bond acceptors (Lipinski definition) is 1. The normalized spacial score (nSPS) is 18.3. The van der Waals surface area contributed by atoms with Gasteiger partial charge in [0.15, 0.2) is 0 Å². The van der Waals surface area contributed by atoms with Gasteiger partial charge in [-0.3, -0.25) is 0 Å². The molecule has 5 heteroatoms. The van der Waals surface area contributed by atoms with E-state index < -0.39 is 12.1 Å². The molecule has 26 heavy (non-hydrogen) atoms. The Bertz CT molecular complexity index is 832. The van der Waals surface area contributed by atoms with Gasteiger partial charge < -0.3 is 5.73 Å². The maximum atomic E-state index is 13.6. The summed E-state index contributed by atoms with van der Waals surface area (Å²) in [5.74, 6) is -1.70.